The van der Waals surface area contributed by atoms with Crippen molar-refractivity contribution in [3.05, 3.63) is 24.0 Å². The molecular weight excluding hydrogens is 224 g/mol. The lowest BCUT2D eigenvalue weighted by Crippen LogP contribution is -2.24. The van der Waals surface area contributed by atoms with Gasteiger partial charge in [-0.3, -0.25) is 4.98 Å². The van der Waals surface area contributed by atoms with Crippen molar-refractivity contribution in [2.45, 2.75) is 32.7 Å². The average Bonchev–Trinajstić information content (AvgIpc) is 2.42. The van der Waals surface area contributed by atoms with Crippen molar-refractivity contribution in [3.8, 4) is 6.07 Å². The van der Waals surface area contributed by atoms with Crippen LogP contribution < -0.4 is 10.2 Å². The van der Waals surface area contributed by atoms with Gasteiger partial charge in [0.05, 0.1) is 30.1 Å². The molecule has 4 nitrogen and oxygen atoms in total. The molecule has 1 heterocycles. The van der Waals surface area contributed by atoms with E-state index in [0.717, 1.165) is 30.9 Å². The zero-order valence-electron chi connectivity index (χ0n) is 11.5. The summed E-state index contributed by atoms with van der Waals surface area (Å²) in [5, 5.41) is 11.9. The lowest BCUT2D eigenvalue weighted by molar-refractivity contribution is 0.561. The molecule has 0 amide bonds. The molecule has 0 radical (unpaired) electrons. The van der Waals surface area contributed by atoms with Crippen LogP contribution in [0.1, 0.15) is 38.4 Å². The molecule has 98 valence electrons. The highest BCUT2D eigenvalue weighted by Crippen LogP contribution is 2.18. The molecule has 0 saturated carbocycles. The molecule has 0 fully saturated rings. The van der Waals surface area contributed by atoms with Gasteiger partial charge in [-0.25, -0.2) is 0 Å². The van der Waals surface area contributed by atoms with Crippen molar-refractivity contribution in [2.75, 3.05) is 25.0 Å². The van der Waals surface area contributed by atoms with E-state index < -0.39 is 0 Å². The van der Waals surface area contributed by atoms with Crippen LogP contribution in [0, 0.1) is 11.3 Å². The first kappa shape index (κ1) is 14.5. The third kappa shape index (κ3) is 3.71. The predicted octanol–water partition coefficient (Wildman–Crippen LogP) is 2.49. The molecule has 1 atom stereocenters. The van der Waals surface area contributed by atoms with E-state index in [1.54, 1.807) is 0 Å². The minimum atomic E-state index is 0.313. The summed E-state index contributed by atoms with van der Waals surface area (Å²) in [6, 6.07) is 6.64. The first-order valence-electron chi connectivity index (χ1n) is 6.51. The molecule has 0 bridgehead atoms. The standard InChI is InChI=1S/C14H22N4/c1-4-13(16-3)14-8-7-12(11-17-14)18(5-2)10-6-9-15/h7-8,11,13,16H,4-6,10H2,1-3H3. The molecule has 0 spiro atoms. The highest BCUT2D eigenvalue weighted by molar-refractivity contribution is 5.44. The number of nitriles is 1. The van der Waals surface area contributed by atoms with Gasteiger partial charge in [0.15, 0.2) is 0 Å². The topological polar surface area (TPSA) is 52.0 Å². The van der Waals surface area contributed by atoms with Gasteiger partial charge in [-0.05, 0) is 32.5 Å². The van der Waals surface area contributed by atoms with Gasteiger partial charge < -0.3 is 10.2 Å². The zero-order chi connectivity index (χ0) is 13.4. The van der Waals surface area contributed by atoms with Crippen molar-refractivity contribution in [3.63, 3.8) is 0 Å². The molecule has 1 unspecified atom stereocenters. The maximum Gasteiger partial charge on any atom is 0.0640 e. The summed E-state index contributed by atoms with van der Waals surface area (Å²) in [6.45, 7) is 5.89. The number of rotatable bonds is 7. The Morgan fingerprint density at radius 3 is 2.67 bits per heavy atom. The monoisotopic (exact) mass is 246 g/mol. The SMILES string of the molecule is CCC(NC)c1ccc(N(CC)CCC#N)cn1. The van der Waals surface area contributed by atoms with E-state index in [1.807, 2.05) is 13.2 Å². The van der Waals surface area contributed by atoms with Gasteiger partial charge in [0.25, 0.3) is 0 Å². The van der Waals surface area contributed by atoms with Gasteiger partial charge >= 0.3 is 0 Å². The predicted molar refractivity (Wildman–Crippen MR) is 74.4 cm³/mol. The molecular formula is C14H22N4. The Balaban J connectivity index is 2.77. The van der Waals surface area contributed by atoms with Crippen LogP contribution in [0.2, 0.25) is 0 Å². The Labute approximate surface area is 110 Å². The number of pyridine rings is 1. The zero-order valence-corrected chi connectivity index (χ0v) is 11.5. The lowest BCUT2D eigenvalue weighted by atomic mass is 10.1. The quantitative estimate of drug-likeness (QED) is 0.803. The molecule has 0 aliphatic carbocycles. The molecule has 1 aromatic heterocycles. The van der Waals surface area contributed by atoms with Gasteiger partial charge in [0, 0.05) is 19.1 Å². The van der Waals surface area contributed by atoms with E-state index in [0.29, 0.717) is 12.5 Å². The van der Waals surface area contributed by atoms with Crippen molar-refractivity contribution >= 4 is 5.69 Å². The van der Waals surface area contributed by atoms with E-state index >= 15 is 0 Å². The van der Waals surface area contributed by atoms with Crippen LogP contribution in [0.4, 0.5) is 5.69 Å². The van der Waals surface area contributed by atoms with E-state index in [-0.39, 0.29) is 0 Å². The van der Waals surface area contributed by atoms with Gasteiger partial charge in [-0.2, -0.15) is 5.26 Å². The third-order valence-electron chi connectivity index (χ3n) is 3.12. The maximum atomic E-state index is 8.64. The number of anilines is 1. The second kappa shape index (κ2) is 7.67. The van der Waals surface area contributed by atoms with Crippen LogP contribution >= 0.6 is 0 Å². The summed E-state index contributed by atoms with van der Waals surface area (Å²) in [7, 11) is 1.95. The summed E-state index contributed by atoms with van der Waals surface area (Å²) >= 11 is 0. The van der Waals surface area contributed by atoms with E-state index in [1.165, 1.54) is 0 Å². The Kier molecular flexibility index (Phi) is 6.16. The Hall–Kier alpha value is -1.60. The highest BCUT2D eigenvalue weighted by atomic mass is 15.1. The molecule has 0 saturated heterocycles. The van der Waals surface area contributed by atoms with E-state index in [2.05, 4.69) is 47.3 Å². The Bertz CT molecular complexity index is 376. The summed E-state index contributed by atoms with van der Waals surface area (Å²) in [6.07, 6.45) is 3.47. The van der Waals surface area contributed by atoms with Crippen LogP contribution in [0.25, 0.3) is 0 Å². The van der Waals surface area contributed by atoms with Gasteiger partial charge in [0.1, 0.15) is 0 Å². The highest BCUT2D eigenvalue weighted by Gasteiger charge is 2.09. The number of hydrogen-bond donors (Lipinski definition) is 1. The fourth-order valence-corrected chi connectivity index (χ4v) is 2.01. The van der Waals surface area contributed by atoms with E-state index in [4.69, 9.17) is 5.26 Å². The van der Waals surface area contributed by atoms with Crippen molar-refractivity contribution in [2.24, 2.45) is 0 Å². The summed E-state index contributed by atoms with van der Waals surface area (Å²) in [4.78, 5) is 6.68. The van der Waals surface area contributed by atoms with Gasteiger partial charge in [-0.1, -0.05) is 6.92 Å². The molecule has 0 aliphatic rings. The number of hydrogen-bond acceptors (Lipinski definition) is 4. The maximum absolute atomic E-state index is 8.64. The normalized spacial score (nSPS) is 11.9. The fourth-order valence-electron chi connectivity index (χ4n) is 2.01. The number of nitrogens with one attached hydrogen (secondary N) is 1. The first-order chi connectivity index (χ1) is 8.76. The van der Waals surface area contributed by atoms with Crippen LogP contribution in [0.3, 0.4) is 0 Å². The summed E-state index contributed by atoms with van der Waals surface area (Å²) in [5.74, 6) is 0. The second-order valence-corrected chi connectivity index (χ2v) is 4.18. The van der Waals surface area contributed by atoms with Gasteiger partial charge in [-0.15, -0.1) is 0 Å². The largest absolute Gasteiger partial charge is 0.370 e. The lowest BCUT2D eigenvalue weighted by Gasteiger charge is -2.22. The minimum absolute atomic E-state index is 0.313. The van der Waals surface area contributed by atoms with Gasteiger partial charge in [0.2, 0.25) is 0 Å². The Morgan fingerprint density at radius 1 is 1.44 bits per heavy atom. The molecule has 1 N–H and O–H groups in total. The molecule has 1 rings (SSSR count). The minimum Gasteiger partial charge on any atom is -0.370 e. The molecule has 18 heavy (non-hydrogen) atoms. The van der Waals surface area contributed by atoms with Crippen molar-refractivity contribution in [1.82, 2.24) is 10.3 Å². The average molecular weight is 246 g/mol. The van der Waals surface area contributed by atoms with E-state index in [9.17, 15) is 0 Å². The van der Waals surface area contributed by atoms with Crippen molar-refractivity contribution in [1.29, 1.82) is 5.26 Å². The van der Waals surface area contributed by atoms with Crippen LogP contribution in [0.5, 0.6) is 0 Å². The number of aromatic nitrogens is 1. The van der Waals surface area contributed by atoms with Crippen LogP contribution in [-0.2, 0) is 0 Å². The fraction of sp³-hybridized carbons (Fsp3) is 0.571. The van der Waals surface area contributed by atoms with Crippen molar-refractivity contribution < 1.29 is 0 Å². The molecule has 0 aliphatic heterocycles. The molecule has 0 aromatic carbocycles. The molecule has 1 aromatic rings. The summed E-state index contributed by atoms with van der Waals surface area (Å²) in [5.41, 5.74) is 2.16. The second-order valence-electron chi connectivity index (χ2n) is 4.18. The third-order valence-corrected chi connectivity index (χ3v) is 3.12. The summed E-state index contributed by atoms with van der Waals surface area (Å²) < 4.78 is 0. The van der Waals surface area contributed by atoms with Crippen LogP contribution in [0.15, 0.2) is 18.3 Å². The Morgan fingerprint density at radius 2 is 2.22 bits per heavy atom. The number of nitrogens with zero attached hydrogens (tertiary/aromatic N) is 3. The molecule has 4 heteroatoms. The first-order valence-corrected chi connectivity index (χ1v) is 6.51. The smallest absolute Gasteiger partial charge is 0.0640 e. The van der Waals surface area contributed by atoms with Crippen LogP contribution in [-0.4, -0.2) is 25.1 Å².